The lowest BCUT2D eigenvalue weighted by Gasteiger charge is -2.07. The van der Waals surface area contributed by atoms with Crippen molar-refractivity contribution >= 4 is 23.0 Å². The summed E-state index contributed by atoms with van der Waals surface area (Å²) < 4.78 is 37.3. The fourth-order valence-corrected chi connectivity index (χ4v) is 3.36. The first kappa shape index (κ1) is 18.8. The van der Waals surface area contributed by atoms with E-state index in [0.717, 1.165) is 22.8 Å². The average molecular weight is 389 g/mol. The molecule has 1 amide bonds. The molecule has 0 saturated heterocycles. The molecule has 0 unspecified atom stereocenters. The maximum absolute atomic E-state index is 12.4. The van der Waals surface area contributed by atoms with Gasteiger partial charge in [-0.25, -0.2) is 0 Å². The molecule has 1 N–H and O–H groups in total. The number of hydrogen-bond acceptors (Lipinski definition) is 3. The van der Waals surface area contributed by atoms with Crippen molar-refractivity contribution < 1.29 is 22.8 Å². The van der Waals surface area contributed by atoms with Crippen LogP contribution in [0.25, 0.3) is 11.1 Å². The highest BCUT2D eigenvalue weighted by Crippen LogP contribution is 2.26. The predicted molar refractivity (Wildman–Crippen MR) is 97.8 cm³/mol. The van der Waals surface area contributed by atoms with Gasteiger partial charge in [0.05, 0.1) is 9.75 Å². The number of rotatable bonds is 5. The Morgan fingerprint density at radius 1 is 0.852 bits per heavy atom. The quantitative estimate of drug-likeness (QED) is 0.618. The molecular formula is C20H14F3NO2S. The third kappa shape index (κ3) is 4.62. The van der Waals surface area contributed by atoms with Gasteiger partial charge >= 0.3 is 6.18 Å². The monoisotopic (exact) mass is 389 g/mol. The van der Waals surface area contributed by atoms with E-state index in [9.17, 15) is 22.8 Å². The Morgan fingerprint density at radius 2 is 1.52 bits per heavy atom. The number of ketones is 1. The van der Waals surface area contributed by atoms with E-state index in [0.29, 0.717) is 11.3 Å². The molecule has 2 aromatic carbocycles. The summed E-state index contributed by atoms with van der Waals surface area (Å²) in [5, 5.41) is 2.66. The van der Waals surface area contributed by atoms with Crippen LogP contribution in [0.1, 0.15) is 24.9 Å². The Balaban J connectivity index is 1.66. The van der Waals surface area contributed by atoms with Crippen molar-refractivity contribution in [3.05, 3.63) is 82.0 Å². The molecule has 0 aliphatic rings. The van der Waals surface area contributed by atoms with Crippen LogP contribution >= 0.6 is 11.3 Å². The van der Waals surface area contributed by atoms with Gasteiger partial charge in [0.2, 0.25) is 0 Å². The summed E-state index contributed by atoms with van der Waals surface area (Å²) in [5.74, 6) is -2.46. The highest BCUT2D eigenvalue weighted by atomic mass is 32.1. The summed E-state index contributed by atoms with van der Waals surface area (Å²) >= 11 is 0.530. The predicted octanol–water partition coefficient (Wildman–Crippen LogP) is 5.09. The Kier molecular flexibility index (Phi) is 5.41. The van der Waals surface area contributed by atoms with Gasteiger partial charge in [-0.15, -0.1) is 11.3 Å². The number of alkyl halides is 3. The van der Waals surface area contributed by atoms with Crippen LogP contribution in [0.2, 0.25) is 0 Å². The Labute approximate surface area is 157 Å². The number of amides is 1. The summed E-state index contributed by atoms with van der Waals surface area (Å²) in [6.07, 6.45) is -4.95. The van der Waals surface area contributed by atoms with Gasteiger partial charge in [0.25, 0.3) is 11.7 Å². The molecular weight excluding hydrogens is 375 g/mol. The van der Waals surface area contributed by atoms with E-state index in [1.165, 1.54) is 6.07 Å². The lowest BCUT2D eigenvalue weighted by atomic mass is 10.0. The number of carbonyl (C=O) groups is 2. The van der Waals surface area contributed by atoms with Gasteiger partial charge in [-0.05, 0) is 34.9 Å². The van der Waals surface area contributed by atoms with Crippen molar-refractivity contribution in [3.63, 3.8) is 0 Å². The number of benzene rings is 2. The second-order valence-electron chi connectivity index (χ2n) is 5.74. The van der Waals surface area contributed by atoms with Crippen molar-refractivity contribution in [1.29, 1.82) is 0 Å². The van der Waals surface area contributed by atoms with Crippen LogP contribution in [0, 0.1) is 0 Å². The molecule has 0 saturated carbocycles. The Bertz CT molecular complexity index is 965. The van der Waals surface area contributed by atoms with E-state index in [1.54, 1.807) is 0 Å². The van der Waals surface area contributed by atoms with Gasteiger partial charge in [-0.1, -0.05) is 48.5 Å². The van der Waals surface area contributed by atoms with E-state index in [2.05, 4.69) is 5.32 Å². The van der Waals surface area contributed by atoms with E-state index in [-0.39, 0.29) is 11.4 Å². The highest BCUT2D eigenvalue weighted by Gasteiger charge is 2.40. The summed E-state index contributed by atoms with van der Waals surface area (Å²) in [6.45, 7) is 0.222. The molecule has 3 nitrogen and oxygen atoms in total. The number of thiophene rings is 1. The second kappa shape index (κ2) is 7.75. The molecule has 7 heteroatoms. The summed E-state index contributed by atoms with van der Waals surface area (Å²) in [7, 11) is 0. The third-order valence-corrected chi connectivity index (χ3v) is 4.88. The molecule has 0 spiro atoms. The number of carbonyl (C=O) groups excluding carboxylic acids is 2. The molecule has 1 aromatic heterocycles. The topological polar surface area (TPSA) is 46.2 Å². The lowest BCUT2D eigenvalue weighted by molar-refractivity contribution is -0.0882. The number of nitrogens with one attached hydrogen (secondary N) is 1. The van der Waals surface area contributed by atoms with Crippen molar-refractivity contribution in [2.45, 2.75) is 12.7 Å². The van der Waals surface area contributed by atoms with E-state index < -0.39 is 22.7 Å². The van der Waals surface area contributed by atoms with E-state index in [4.69, 9.17) is 0 Å². The Morgan fingerprint density at radius 3 is 2.22 bits per heavy atom. The number of halogens is 3. The van der Waals surface area contributed by atoms with Crippen molar-refractivity contribution in [2.24, 2.45) is 0 Å². The molecule has 0 radical (unpaired) electrons. The van der Waals surface area contributed by atoms with E-state index in [1.807, 2.05) is 54.6 Å². The molecule has 27 heavy (non-hydrogen) atoms. The van der Waals surface area contributed by atoms with E-state index >= 15 is 0 Å². The first-order chi connectivity index (χ1) is 12.8. The molecule has 3 aromatic rings. The smallest absolute Gasteiger partial charge is 0.347 e. The molecule has 0 fully saturated rings. The van der Waals surface area contributed by atoms with Crippen LogP contribution in [-0.4, -0.2) is 17.9 Å². The largest absolute Gasteiger partial charge is 0.455 e. The van der Waals surface area contributed by atoms with Crippen LogP contribution in [0.15, 0.2) is 66.7 Å². The van der Waals surface area contributed by atoms with Crippen molar-refractivity contribution in [1.82, 2.24) is 5.32 Å². The molecule has 138 valence electrons. The maximum atomic E-state index is 12.4. The zero-order chi connectivity index (χ0) is 19.4. The van der Waals surface area contributed by atoms with Gasteiger partial charge in [-0.3, -0.25) is 9.59 Å². The summed E-state index contributed by atoms with van der Waals surface area (Å²) in [6, 6.07) is 19.6. The molecule has 0 bridgehead atoms. The summed E-state index contributed by atoms with van der Waals surface area (Å²) in [4.78, 5) is 22.9. The van der Waals surface area contributed by atoms with Gasteiger partial charge in [0.1, 0.15) is 0 Å². The first-order valence-corrected chi connectivity index (χ1v) is 8.80. The van der Waals surface area contributed by atoms with Gasteiger partial charge in [0.15, 0.2) is 0 Å². The van der Waals surface area contributed by atoms with Crippen LogP contribution in [0.3, 0.4) is 0 Å². The normalized spacial score (nSPS) is 11.2. The molecule has 0 aliphatic heterocycles. The SMILES string of the molecule is O=C(NCc1cccc(-c2ccccc2)c1)c1ccc(C(=O)C(F)(F)F)s1. The fraction of sp³-hybridized carbons (Fsp3) is 0.100. The van der Waals surface area contributed by atoms with Crippen LogP contribution < -0.4 is 5.32 Å². The molecule has 0 atom stereocenters. The van der Waals surface area contributed by atoms with Gasteiger partial charge < -0.3 is 5.32 Å². The maximum Gasteiger partial charge on any atom is 0.455 e. The van der Waals surface area contributed by atoms with Crippen LogP contribution in [0.4, 0.5) is 13.2 Å². The fourth-order valence-electron chi connectivity index (χ4n) is 2.48. The van der Waals surface area contributed by atoms with Crippen LogP contribution in [-0.2, 0) is 6.54 Å². The van der Waals surface area contributed by atoms with Gasteiger partial charge in [-0.2, -0.15) is 13.2 Å². The zero-order valence-electron chi connectivity index (χ0n) is 13.9. The first-order valence-electron chi connectivity index (χ1n) is 7.98. The zero-order valence-corrected chi connectivity index (χ0v) is 14.7. The van der Waals surface area contributed by atoms with Crippen molar-refractivity contribution in [2.75, 3.05) is 0 Å². The average Bonchev–Trinajstić information content (AvgIpc) is 3.16. The van der Waals surface area contributed by atoms with Crippen LogP contribution in [0.5, 0.6) is 0 Å². The highest BCUT2D eigenvalue weighted by molar-refractivity contribution is 7.16. The molecule has 1 heterocycles. The minimum atomic E-state index is -4.95. The third-order valence-electron chi connectivity index (χ3n) is 3.80. The standard InChI is InChI=1S/C20H14F3NO2S/c21-20(22,23)18(25)16-9-10-17(27-16)19(26)24-12-13-5-4-8-15(11-13)14-6-2-1-3-7-14/h1-11H,12H2,(H,24,26). The lowest BCUT2D eigenvalue weighted by Crippen LogP contribution is -2.22. The Hall–Kier alpha value is -2.93. The van der Waals surface area contributed by atoms with Crippen molar-refractivity contribution in [3.8, 4) is 11.1 Å². The minimum Gasteiger partial charge on any atom is -0.347 e. The minimum absolute atomic E-state index is 0.0572. The molecule has 0 aliphatic carbocycles. The number of hydrogen-bond donors (Lipinski definition) is 1. The van der Waals surface area contributed by atoms with Gasteiger partial charge in [0, 0.05) is 6.54 Å². The molecule has 3 rings (SSSR count). The second-order valence-corrected chi connectivity index (χ2v) is 6.82. The summed E-state index contributed by atoms with van der Waals surface area (Å²) in [5.41, 5.74) is 2.89. The number of Topliss-reactive ketones (excluding diaryl/α,β-unsaturated/α-hetero) is 1.